The second-order valence-electron chi connectivity index (χ2n) is 4.83. The van der Waals surface area contributed by atoms with Crippen molar-refractivity contribution in [3.63, 3.8) is 0 Å². The minimum absolute atomic E-state index is 0.330. The van der Waals surface area contributed by atoms with Crippen LogP contribution in [0.2, 0.25) is 0 Å². The Balaban J connectivity index is 1.96. The lowest BCUT2D eigenvalue weighted by Gasteiger charge is -2.15. The molecule has 3 nitrogen and oxygen atoms in total. The van der Waals surface area contributed by atoms with Crippen LogP contribution < -0.4 is 4.74 Å². The zero-order chi connectivity index (χ0) is 11.8. The molecule has 0 unspecified atom stereocenters. The average molecular weight is 229 g/mol. The van der Waals surface area contributed by atoms with Crippen LogP contribution in [0, 0.1) is 11.3 Å². The van der Waals surface area contributed by atoms with Gasteiger partial charge in [0, 0.05) is 12.0 Å². The fourth-order valence-corrected chi connectivity index (χ4v) is 3.11. The van der Waals surface area contributed by atoms with Gasteiger partial charge in [-0.2, -0.15) is 5.26 Å². The monoisotopic (exact) mass is 229 g/mol. The number of rotatable bonds is 2. The van der Waals surface area contributed by atoms with Crippen molar-refractivity contribution in [3.8, 4) is 11.8 Å². The third kappa shape index (κ3) is 1.69. The lowest BCUT2D eigenvalue weighted by Crippen LogP contribution is -2.09. The second kappa shape index (κ2) is 4.05. The van der Waals surface area contributed by atoms with E-state index in [4.69, 9.17) is 10.00 Å². The molecule has 0 saturated heterocycles. The van der Waals surface area contributed by atoms with Gasteiger partial charge in [0.05, 0.1) is 12.7 Å². The fourth-order valence-electron chi connectivity index (χ4n) is 3.11. The van der Waals surface area contributed by atoms with Crippen molar-refractivity contribution in [1.82, 2.24) is 0 Å². The van der Waals surface area contributed by atoms with Gasteiger partial charge in [-0.25, -0.2) is 0 Å². The van der Waals surface area contributed by atoms with Crippen LogP contribution in [0.1, 0.15) is 35.4 Å². The lowest BCUT2D eigenvalue weighted by molar-refractivity contribution is 0.208. The Kier molecular flexibility index (Phi) is 2.53. The second-order valence-corrected chi connectivity index (χ2v) is 4.83. The van der Waals surface area contributed by atoms with E-state index in [2.05, 4.69) is 12.1 Å². The Morgan fingerprint density at radius 1 is 1.47 bits per heavy atom. The molecule has 3 rings (SSSR count). The van der Waals surface area contributed by atoms with Gasteiger partial charge in [-0.1, -0.05) is 6.07 Å². The van der Waals surface area contributed by atoms with E-state index in [1.54, 1.807) is 0 Å². The molecule has 1 heterocycles. The molecule has 1 aromatic rings. The van der Waals surface area contributed by atoms with E-state index < -0.39 is 6.10 Å². The molecule has 0 aromatic heterocycles. The predicted octanol–water partition coefficient (Wildman–Crippen LogP) is 1.93. The maximum atomic E-state index is 9.50. The minimum Gasteiger partial charge on any atom is -0.493 e. The smallest absolute Gasteiger partial charge is 0.141 e. The van der Waals surface area contributed by atoms with Gasteiger partial charge < -0.3 is 9.84 Å². The molecule has 0 saturated carbocycles. The summed E-state index contributed by atoms with van der Waals surface area (Å²) < 4.78 is 5.58. The van der Waals surface area contributed by atoms with Crippen LogP contribution in [0.4, 0.5) is 0 Å². The highest BCUT2D eigenvalue weighted by atomic mass is 16.5. The first kappa shape index (κ1) is 10.6. The molecule has 0 bridgehead atoms. The largest absolute Gasteiger partial charge is 0.493 e. The van der Waals surface area contributed by atoms with Crippen LogP contribution in [0.25, 0.3) is 0 Å². The number of nitriles is 1. The summed E-state index contributed by atoms with van der Waals surface area (Å²) in [5, 5.41) is 18.2. The molecule has 3 heteroatoms. The SMILES string of the molecule is N#C[C@H](O)C[C@@H]1CCc2ccc3c(c21)CCO3. The van der Waals surface area contributed by atoms with E-state index in [-0.39, 0.29) is 0 Å². The van der Waals surface area contributed by atoms with Crippen LogP contribution in [0.5, 0.6) is 5.75 Å². The molecule has 1 aliphatic heterocycles. The van der Waals surface area contributed by atoms with E-state index >= 15 is 0 Å². The van der Waals surface area contributed by atoms with Gasteiger partial charge in [-0.3, -0.25) is 0 Å². The van der Waals surface area contributed by atoms with Gasteiger partial charge in [0.25, 0.3) is 0 Å². The molecule has 0 fully saturated rings. The van der Waals surface area contributed by atoms with Crippen LogP contribution in [-0.2, 0) is 12.8 Å². The molecular weight excluding hydrogens is 214 g/mol. The number of hydrogen-bond acceptors (Lipinski definition) is 3. The summed E-state index contributed by atoms with van der Waals surface area (Å²) >= 11 is 0. The van der Waals surface area contributed by atoms with Gasteiger partial charge in [0.15, 0.2) is 0 Å². The first-order valence-electron chi connectivity index (χ1n) is 6.14. The molecule has 0 radical (unpaired) electrons. The topological polar surface area (TPSA) is 53.2 Å². The molecule has 1 aromatic carbocycles. The third-order valence-electron chi connectivity index (χ3n) is 3.84. The van der Waals surface area contributed by atoms with Crippen LogP contribution >= 0.6 is 0 Å². The third-order valence-corrected chi connectivity index (χ3v) is 3.84. The van der Waals surface area contributed by atoms with Crippen molar-refractivity contribution >= 4 is 0 Å². The number of ether oxygens (including phenoxy) is 1. The number of fused-ring (bicyclic) bond motifs is 3. The van der Waals surface area contributed by atoms with Gasteiger partial charge in [-0.05, 0) is 42.4 Å². The van der Waals surface area contributed by atoms with E-state index in [0.29, 0.717) is 12.3 Å². The maximum Gasteiger partial charge on any atom is 0.141 e. The predicted molar refractivity (Wildman–Crippen MR) is 62.9 cm³/mol. The van der Waals surface area contributed by atoms with E-state index in [9.17, 15) is 5.11 Å². The fraction of sp³-hybridized carbons (Fsp3) is 0.500. The average Bonchev–Trinajstić information content (AvgIpc) is 2.94. The number of hydrogen-bond donors (Lipinski definition) is 1. The Morgan fingerprint density at radius 2 is 2.35 bits per heavy atom. The van der Waals surface area contributed by atoms with E-state index in [1.807, 2.05) is 6.07 Å². The summed E-state index contributed by atoms with van der Waals surface area (Å²) in [5.41, 5.74) is 4.05. The molecule has 0 spiro atoms. The van der Waals surface area contributed by atoms with Crippen molar-refractivity contribution in [2.45, 2.75) is 37.7 Å². The first-order chi connectivity index (χ1) is 8.29. The van der Waals surface area contributed by atoms with Gasteiger partial charge in [-0.15, -0.1) is 0 Å². The molecule has 17 heavy (non-hydrogen) atoms. The summed E-state index contributed by atoms with van der Waals surface area (Å²) in [7, 11) is 0. The van der Waals surface area contributed by atoms with Crippen molar-refractivity contribution < 1.29 is 9.84 Å². The van der Waals surface area contributed by atoms with Crippen molar-refractivity contribution in [1.29, 1.82) is 5.26 Å². The van der Waals surface area contributed by atoms with Gasteiger partial charge in [0.2, 0.25) is 0 Å². The van der Waals surface area contributed by atoms with Crippen LogP contribution in [0.15, 0.2) is 12.1 Å². The highest BCUT2D eigenvalue weighted by Crippen LogP contribution is 2.43. The number of nitrogens with zero attached hydrogens (tertiary/aromatic N) is 1. The molecule has 2 aliphatic rings. The van der Waals surface area contributed by atoms with E-state index in [0.717, 1.165) is 31.6 Å². The zero-order valence-corrected chi connectivity index (χ0v) is 9.65. The molecule has 88 valence electrons. The van der Waals surface area contributed by atoms with Crippen molar-refractivity contribution in [2.75, 3.05) is 6.61 Å². The first-order valence-corrected chi connectivity index (χ1v) is 6.14. The number of benzene rings is 1. The van der Waals surface area contributed by atoms with Crippen molar-refractivity contribution in [2.24, 2.45) is 0 Å². The van der Waals surface area contributed by atoms with Gasteiger partial charge >= 0.3 is 0 Å². The molecular formula is C14H15NO2. The summed E-state index contributed by atoms with van der Waals surface area (Å²) in [6.07, 6.45) is 2.79. The molecule has 0 amide bonds. The highest BCUT2D eigenvalue weighted by Gasteiger charge is 2.30. The Labute approximate surface area is 101 Å². The lowest BCUT2D eigenvalue weighted by atomic mass is 9.90. The maximum absolute atomic E-state index is 9.50. The standard InChI is InChI=1S/C14H15NO2/c15-8-11(16)7-10-2-1-9-3-4-13-12(14(9)10)5-6-17-13/h3-4,10-11,16H,1-2,5-7H2/t10-,11+/m0/s1. The number of aliphatic hydroxyl groups excluding tert-OH is 1. The number of aryl methyl sites for hydroxylation is 1. The van der Waals surface area contributed by atoms with E-state index in [1.165, 1.54) is 16.7 Å². The molecule has 1 aliphatic carbocycles. The highest BCUT2D eigenvalue weighted by molar-refractivity contribution is 5.51. The van der Waals surface area contributed by atoms with Crippen LogP contribution in [-0.4, -0.2) is 17.8 Å². The zero-order valence-electron chi connectivity index (χ0n) is 9.65. The summed E-state index contributed by atoms with van der Waals surface area (Å²) in [5.74, 6) is 1.33. The van der Waals surface area contributed by atoms with Crippen molar-refractivity contribution in [3.05, 3.63) is 28.8 Å². The quantitative estimate of drug-likeness (QED) is 0.788. The minimum atomic E-state index is -0.843. The van der Waals surface area contributed by atoms with Crippen LogP contribution in [0.3, 0.4) is 0 Å². The van der Waals surface area contributed by atoms with Gasteiger partial charge in [0.1, 0.15) is 11.9 Å². The normalized spacial score (nSPS) is 22.5. The Hall–Kier alpha value is -1.53. The Bertz CT molecular complexity index is 490. The summed E-state index contributed by atoms with van der Waals surface area (Å²) in [6, 6.07) is 6.11. The molecule has 2 atom stereocenters. The molecule has 1 N–H and O–H groups in total. The summed E-state index contributed by atoms with van der Waals surface area (Å²) in [4.78, 5) is 0. The summed E-state index contributed by atoms with van der Waals surface area (Å²) in [6.45, 7) is 0.763. The Morgan fingerprint density at radius 3 is 3.18 bits per heavy atom. The number of aliphatic hydroxyl groups is 1.